The quantitative estimate of drug-likeness (QED) is 0.201. The van der Waals surface area contributed by atoms with Gasteiger partial charge in [-0.3, -0.25) is 14.5 Å². The Bertz CT molecular complexity index is 1530. The van der Waals surface area contributed by atoms with Crippen LogP contribution in [0, 0.1) is 0 Å². The summed E-state index contributed by atoms with van der Waals surface area (Å²) < 4.78 is 17.2. The maximum Gasteiger partial charge on any atom is 0.301 e. The van der Waals surface area contributed by atoms with E-state index in [1.54, 1.807) is 48.5 Å². The van der Waals surface area contributed by atoms with Crippen LogP contribution in [0.25, 0.3) is 16.0 Å². The number of para-hydroxylation sites is 1. The Morgan fingerprint density at radius 3 is 2.43 bits per heavy atom. The number of benzene rings is 3. The first-order chi connectivity index (χ1) is 18.0. The first-order valence-corrected chi connectivity index (χ1v) is 12.4. The molecule has 3 aromatic carbocycles. The Morgan fingerprint density at radius 1 is 1.00 bits per heavy atom. The number of ether oxygens (including phenoxy) is 3. The summed E-state index contributed by atoms with van der Waals surface area (Å²) in [6.07, 6.45) is 0. The van der Waals surface area contributed by atoms with Gasteiger partial charge < -0.3 is 19.3 Å². The number of methoxy groups -OCH3 is 2. The summed E-state index contributed by atoms with van der Waals surface area (Å²) in [7, 11) is 3.05. The Hall–Kier alpha value is -4.37. The highest BCUT2D eigenvalue weighted by Gasteiger charge is 2.49. The standard InChI is InChI=1S/C28H24N2O6S/c1-4-36-18-13-14-20-22(15-18)37-28(29-20)30-24(19-7-5-6-8-21(19)35-3)23(26(32)27(30)33)25(31)16-9-11-17(34-2)12-10-16/h5-15,24,31H,4H2,1-3H3/b25-23+/t24-/m0/s1. The fourth-order valence-electron chi connectivity index (χ4n) is 4.37. The first kappa shape index (κ1) is 24.3. The van der Waals surface area contributed by atoms with Crippen LogP contribution in [0.5, 0.6) is 17.2 Å². The van der Waals surface area contributed by atoms with Crippen molar-refractivity contribution >= 4 is 44.1 Å². The van der Waals surface area contributed by atoms with Gasteiger partial charge in [0.1, 0.15) is 29.0 Å². The summed E-state index contributed by atoms with van der Waals surface area (Å²) in [5.41, 5.74) is 1.55. The molecule has 5 rings (SSSR count). The zero-order valence-electron chi connectivity index (χ0n) is 20.4. The monoisotopic (exact) mass is 516 g/mol. The molecular formula is C28H24N2O6S. The van der Waals surface area contributed by atoms with E-state index >= 15 is 0 Å². The number of Topliss-reactive ketones (excluding diaryl/α,β-unsaturated/α-hetero) is 1. The molecule has 9 heteroatoms. The van der Waals surface area contributed by atoms with Crippen LogP contribution in [0.2, 0.25) is 0 Å². The van der Waals surface area contributed by atoms with E-state index in [4.69, 9.17) is 14.2 Å². The predicted molar refractivity (Wildman–Crippen MR) is 142 cm³/mol. The van der Waals surface area contributed by atoms with Gasteiger partial charge in [0.05, 0.1) is 36.6 Å². The predicted octanol–water partition coefficient (Wildman–Crippen LogP) is 5.34. The molecule has 2 heterocycles. The Kier molecular flexibility index (Phi) is 6.54. The highest BCUT2D eigenvalue weighted by molar-refractivity contribution is 7.22. The fraction of sp³-hybridized carbons (Fsp3) is 0.179. The van der Waals surface area contributed by atoms with Crippen molar-refractivity contribution in [2.75, 3.05) is 25.7 Å². The van der Waals surface area contributed by atoms with Crippen molar-refractivity contribution < 1.29 is 28.9 Å². The van der Waals surface area contributed by atoms with Crippen LogP contribution in [0.1, 0.15) is 24.1 Å². The number of aromatic nitrogens is 1. The molecule has 4 aromatic rings. The van der Waals surface area contributed by atoms with Crippen molar-refractivity contribution in [3.8, 4) is 17.2 Å². The smallest absolute Gasteiger partial charge is 0.301 e. The summed E-state index contributed by atoms with van der Waals surface area (Å²) in [5, 5.41) is 11.7. The van der Waals surface area contributed by atoms with E-state index in [-0.39, 0.29) is 11.3 Å². The van der Waals surface area contributed by atoms with Gasteiger partial charge in [0.2, 0.25) is 0 Å². The second-order valence-corrected chi connectivity index (χ2v) is 9.21. The average Bonchev–Trinajstić information content (AvgIpc) is 3.46. The molecule has 1 fully saturated rings. The number of carbonyl (C=O) groups is 2. The summed E-state index contributed by atoms with van der Waals surface area (Å²) >= 11 is 1.27. The van der Waals surface area contributed by atoms with E-state index in [1.165, 1.54) is 30.5 Å². The van der Waals surface area contributed by atoms with Gasteiger partial charge in [0.25, 0.3) is 5.78 Å². The molecule has 0 aliphatic carbocycles. The van der Waals surface area contributed by atoms with Gasteiger partial charge in [0, 0.05) is 11.1 Å². The zero-order chi connectivity index (χ0) is 26.1. The molecular weight excluding hydrogens is 492 g/mol. The van der Waals surface area contributed by atoms with E-state index in [1.807, 2.05) is 25.1 Å². The molecule has 1 atom stereocenters. The number of nitrogens with zero attached hydrogens (tertiary/aromatic N) is 2. The summed E-state index contributed by atoms with van der Waals surface area (Å²) in [6.45, 7) is 2.42. The lowest BCUT2D eigenvalue weighted by Crippen LogP contribution is -2.29. The number of hydrogen-bond donors (Lipinski definition) is 1. The number of rotatable bonds is 7. The molecule has 1 aliphatic heterocycles. The number of amides is 1. The number of fused-ring (bicyclic) bond motifs is 1. The minimum atomic E-state index is -0.954. The third kappa shape index (κ3) is 4.27. The molecule has 1 N–H and O–H groups in total. The van der Waals surface area contributed by atoms with E-state index in [0.717, 1.165) is 4.70 Å². The third-order valence-corrected chi connectivity index (χ3v) is 7.12. The van der Waals surface area contributed by atoms with Gasteiger partial charge in [-0.1, -0.05) is 29.5 Å². The number of thiazole rings is 1. The van der Waals surface area contributed by atoms with Crippen LogP contribution in [0.15, 0.2) is 72.3 Å². The van der Waals surface area contributed by atoms with E-state index in [9.17, 15) is 14.7 Å². The number of aliphatic hydroxyl groups is 1. The summed E-state index contributed by atoms with van der Waals surface area (Å²) in [6, 6.07) is 18.2. The molecule has 37 heavy (non-hydrogen) atoms. The van der Waals surface area contributed by atoms with Gasteiger partial charge in [0.15, 0.2) is 5.13 Å². The SMILES string of the molecule is CCOc1ccc2nc(N3C(=O)C(=O)/C(=C(/O)c4ccc(OC)cc4)[C@@H]3c3ccccc3OC)sc2c1. The molecule has 1 amide bonds. The lowest BCUT2D eigenvalue weighted by molar-refractivity contribution is -0.132. The second kappa shape index (κ2) is 9.94. The van der Waals surface area contributed by atoms with Crippen LogP contribution in [0.4, 0.5) is 5.13 Å². The normalized spacial score (nSPS) is 16.8. The molecule has 0 spiro atoms. The Morgan fingerprint density at radius 2 is 1.73 bits per heavy atom. The van der Waals surface area contributed by atoms with Crippen LogP contribution in [-0.4, -0.2) is 42.6 Å². The van der Waals surface area contributed by atoms with Gasteiger partial charge in [-0.25, -0.2) is 4.98 Å². The van der Waals surface area contributed by atoms with E-state index in [2.05, 4.69) is 4.98 Å². The molecule has 188 valence electrons. The minimum Gasteiger partial charge on any atom is -0.507 e. The highest BCUT2D eigenvalue weighted by atomic mass is 32.1. The second-order valence-electron chi connectivity index (χ2n) is 8.20. The third-order valence-electron chi connectivity index (χ3n) is 6.11. The maximum atomic E-state index is 13.5. The van der Waals surface area contributed by atoms with Crippen molar-refractivity contribution in [2.24, 2.45) is 0 Å². The van der Waals surface area contributed by atoms with E-state index < -0.39 is 17.7 Å². The molecule has 0 radical (unpaired) electrons. The molecule has 8 nitrogen and oxygen atoms in total. The number of ketones is 1. The minimum absolute atomic E-state index is 0.0473. The van der Waals surface area contributed by atoms with Gasteiger partial charge >= 0.3 is 5.91 Å². The highest BCUT2D eigenvalue weighted by Crippen LogP contribution is 2.46. The van der Waals surface area contributed by atoms with Crippen molar-refractivity contribution in [1.29, 1.82) is 0 Å². The van der Waals surface area contributed by atoms with Gasteiger partial charge in [-0.15, -0.1) is 0 Å². The van der Waals surface area contributed by atoms with Crippen LogP contribution in [0.3, 0.4) is 0 Å². The van der Waals surface area contributed by atoms with Crippen LogP contribution < -0.4 is 19.1 Å². The zero-order valence-corrected chi connectivity index (χ0v) is 21.2. The van der Waals surface area contributed by atoms with Crippen molar-refractivity contribution in [2.45, 2.75) is 13.0 Å². The Labute approximate surface area is 217 Å². The van der Waals surface area contributed by atoms with Crippen molar-refractivity contribution in [3.05, 3.63) is 83.4 Å². The molecule has 0 unspecified atom stereocenters. The maximum absolute atomic E-state index is 13.5. The molecule has 1 saturated heterocycles. The molecule has 0 bridgehead atoms. The van der Waals surface area contributed by atoms with Crippen LogP contribution >= 0.6 is 11.3 Å². The molecule has 1 aliphatic rings. The average molecular weight is 517 g/mol. The lowest BCUT2D eigenvalue weighted by atomic mass is 9.94. The lowest BCUT2D eigenvalue weighted by Gasteiger charge is -2.24. The summed E-state index contributed by atoms with van der Waals surface area (Å²) in [4.78, 5) is 32.9. The van der Waals surface area contributed by atoms with Gasteiger partial charge in [-0.05, 0) is 55.5 Å². The number of aliphatic hydroxyl groups excluding tert-OH is 1. The molecule has 1 aromatic heterocycles. The molecule has 0 saturated carbocycles. The first-order valence-electron chi connectivity index (χ1n) is 11.6. The fourth-order valence-corrected chi connectivity index (χ4v) is 5.39. The largest absolute Gasteiger partial charge is 0.507 e. The van der Waals surface area contributed by atoms with Crippen molar-refractivity contribution in [1.82, 2.24) is 4.98 Å². The Balaban J connectivity index is 1.71. The number of anilines is 1. The van der Waals surface area contributed by atoms with Crippen molar-refractivity contribution in [3.63, 3.8) is 0 Å². The summed E-state index contributed by atoms with van der Waals surface area (Å²) in [5.74, 6) is -0.125. The van der Waals surface area contributed by atoms with E-state index in [0.29, 0.717) is 45.6 Å². The van der Waals surface area contributed by atoms with Crippen LogP contribution in [-0.2, 0) is 9.59 Å². The topological polar surface area (TPSA) is 98.2 Å². The number of hydrogen-bond acceptors (Lipinski definition) is 8. The number of carbonyl (C=O) groups excluding carboxylic acids is 2. The van der Waals surface area contributed by atoms with Gasteiger partial charge in [-0.2, -0.15) is 0 Å².